The number of halogens is 1. The standard InChI is InChI=1S/C21H19FN4O2S/c22-15-7-11-17(12-8-15)26-29(27,28)20(13-14-5-9-16(23)10-6-14)21-24-18-3-1-2-4-19(18)25-21/h1-12,20,26H,13,23H2,(H,24,25). The lowest BCUT2D eigenvalue weighted by Crippen LogP contribution is -2.24. The first-order chi connectivity index (χ1) is 13.9. The number of nitrogens with one attached hydrogen (secondary N) is 2. The summed E-state index contributed by atoms with van der Waals surface area (Å²) in [5.41, 5.74) is 8.85. The molecule has 4 aromatic rings. The fourth-order valence-corrected chi connectivity index (χ4v) is 4.52. The third kappa shape index (κ3) is 4.22. The number of benzene rings is 3. The van der Waals surface area contributed by atoms with Gasteiger partial charge in [-0.05, 0) is 60.5 Å². The molecule has 0 spiro atoms. The molecule has 0 aliphatic heterocycles. The summed E-state index contributed by atoms with van der Waals surface area (Å²) in [7, 11) is -3.89. The van der Waals surface area contributed by atoms with E-state index in [0.29, 0.717) is 17.0 Å². The molecule has 1 aromatic heterocycles. The summed E-state index contributed by atoms with van der Waals surface area (Å²) in [5.74, 6) is -0.110. The van der Waals surface area contributed by atoms with Crippen molar-refractivity contribution in [1.82, 2.24) is 9.97 Å². The van der Waals surface area contributed by atoms with E-state index in [0.717, 1.165) is 11.1 Å². The molecule has 148 valence electrons. The average molecular weight is 410 g/mol. The number of fused-ring (bicyclic) bond motifs is 1. The molecule has 8 heteroatoms. The van der Waals surface area contributed by atoms with Gasteiger partial charge in [-0.3, -0.25) is 4.72 Å². The highest BCUT2D eigenvalue weighted by Gasteiger charge is 2.30. The van der Waals surface area contributed by atoms with Gasteiger partial charge >= 0.3 is 0 Å². The zero-order valence-electron chi connectivity index (χ0n) is 15.3. The summed E-state index contributed by atoms with van der Waals surface area (Å²) < 4.78 is 42.2. The predicted molar refractivity (Wildman–Crippen MR) is 112 cm³/mol. The molecule has 0 aliphatic rings. The lowest BCUT2D eigenvalue weighted by Gasteiger charge is -2.17. The van der Waals surface area contributed by atoms with E-state index in [2.05, 4.69) is 14.7 Å². The van der Waals surface area contributed by atoms with Crippen LogP contribution in [0.2, 0.25) is 0 Å². The fourth-order valence-electron chi connectivity index (χ4n) is 3.10. The van der Waals surface area contributed by atoms with Gasteiger partial charge in [-0.15, -0.1) is 0 Å². The van der Waals surface area contributed by atoms with Crippen LogP contribution in [0.1, 0.15) is 16.6 Å². The Morgan fingerprint density at radius 2 is 1.69 bits per heavy atom. The van der Waals surface area contributed by atoms with Gasteiger partial charge in [0.25, 0.3) is 0 Å². The van der Waals surface area contributed by atoms with Gasteiger partial charge in [0.15, 0.2) is 0 Å². The van der Waals surface area contributed by atoms with Gasteiger partial charge in [-0.25, -0.2) is 17.8 Å². The number of sulfonamides is 1. The zero-order chi connectivity index (χ0) is 20.4. The van der Waals surface area contributed by atoms with Crippen molar-refractivity contribution in [3.8, 4) is 0 Å². The Labute approximate surface area is 167 Å². The molecule has 0 amide bonds. The van der Waals surface area contributed by atoms with Crippen molar-refractivity contribution in [3.05, 3.63) is 90.0 Å². The highest BCUT2D eigenvalue weighted by Crippen LogP contribution is 2.29. The van der Waals surface area contributed by atoms with E-state index >= 15 is 0 Å². The molecule has 0 bridgehead atoms. The third-order valence-corrected chi connectivity index (χ3v) is 6.25. The summed E-state index contributed by atoms with van der Waals surface area (Å²) in [5, 5.41) is -0.983. The number of hydrogen-bond acceptors (Lipinski definition) is 4. The molecule has 0 radical (unpaired) electrons. The van der Waals surface area contributed by atoms with Gasteiger partial charge in [-0.1, -0.05) is 24.3 Å². The number of anilines is 2. The maximum absolute atomic E-state index is 13.2. The van der Waals surface area contributed by atoms with Crippen LogP contribution in [-0.2, 0) is 16.4 Å². The van der Waals surface area contributed by atoms with Crippen molar-refractivity contribution in [3.63, 3.8) is 0 Å². The summed E-state index contributed by atoms with van der Waals surface area (Å²) >= 11 is 0. The number of para-hydroxylation sites is 2. The van der Waals surface area contributed by atoms with E-state index in [1.165, 1.54) is 24.3 Å². The van der Waals surface area contributed by atoms with E-state index in [1.807, 2.05) is 24.3 Å². The van der Waals surface area contributed by atoms with E-state index in [-0.39, 0.29) is 12.1 Å². The minimum Gasteiger partial charge on any atom is -0.399 e. The van der Waals surface area contributed by atoms with Crippen LogP contribution in [0.5, 0.6) is 0 Å². The van der Waals surface area contributed by atoms with E-state index < -0.39 is 21.1 Å². The Morgan fingerprint density at radius 1 is 1.00 bits per heavy atom. The first-order valence-electron chi connectivity index (χ1n) is 8.97. The Kier molecular flexibility index (Phi) is 4.94. The molecule has 4 rings (SSSR count). The third-order valence-electron chi connectivity index (χ3n) is 4.59. The second-order valence-corrected chi connectivity index (χ2v) is 8.59. The van der Waals surface area contributed by atoms with Crippen molar-refractivity contribution >= 4 is 32.4 Å². The summed E-state index contributed by atoms with van der Waals surface area (Å²) in [4.78, 5) is 7.60. The zero-order valence-corrected chi connectivity index (χ0v) is 16.2. The van der Waals surface area contributed by atoms with Crippen molar-refractivity contribution < 1.29 is 12.8 Å². The smallest absolute Gasteiger partial charge is 0.243 e. The average Bonchev–Trinajstić information content (AvgIpc) is 3.12. The Hall–Kier alpha value is -3.39. The molecule has 1 atom stereocenters. The van der Waals surface area contributed by atoms with E-state index in [9.17, 15) is 12.8 Å². The molecule has 1 heterocycles. The van der Waals surface area contributed by atoms with Crippen molar-refractivity contribution in [2.75, 3.05) is 10.5 Å². The van der Waals surface area contributed by atoms with Gasteiger partial charge in [-0.2, -0.15) is 0 Å². The largest absolute Gasteiger partial charge is 0.399 e. The van der Waals surface area contributed by atoms with Crippen LogP contribution in [0.3, 0.4) is 0 Å². The Balaban J connectivity index is 1.73. The summed E-state index contributed by atoms with van der Waals surface area (Å²) in [6, 6.07) is 19.5. The molecular weight excluding hydrogens is 391 g/mol. The number of hydrogen-bond donors (Lipinski definition) is 3. The second kappa shape index (κ2) is 7.56. The lowest BCUT2D eigenvalue weighted by atomic mass is 10.1. The molecule has 0 saturated carbocycles. The number of nitrogen functional groups attached to an aromatic ring is 1. The van der Waals surface area contributed by atoms with E-state index in [4.69, 9.17) is 5.73 Å². The number of aromatic nitrogens is 2. The number of nitrogens with zero attached hydrogens (tertiary/aromatic N) is 1. The number of nitrogens with two attached hydrogens (primary N) is 1. The first kappa shape index (κ1) is 18.9. The maximum atomic E-state index is 13.2. The Bertz CT molecular complexity index is 1200. The molecule has 6 nitrogen and oxygen atoms in total. The van der Waals surface area contributed by atoms with Crippen molar-refractivity contribution in [2.45, 2.75) is 11.7 Å². The van der Waals surface area contributed by atoms with Crippen LogP contribution in [0.15, 0.2) is 72.8 Å². The predicted octanol–water partition coefficient (Wildman–Crippen LogP) is 4.01. The second-order valence-electron chi connectivity index (χ2n) is 6.73. The van der Waals surface area contributed by atoms with Crippen LogP contribution in [-0.4, -0.2) is 18.4 Å². The van der Waals surface area contributed by atoms with Crippen LogP contribution in [0.4, 0.5) is 15.8 Å². The van der Waals surface area contributed by atoms with Gasteiger partial charge in [0, 0.05) is 11.4 Å². The molecule has 29 heavy (non-hydrogen) atoms. The topological polar surface area (TPSA) is 101 Å². The molecule has 0 aliphatic carbocycles. The maximum Gasteiger partial charge on any atom is 0.243 e. The number of rotatable bonds is 6. The molecule has 0 fully saturated rings. The minimum absolute atomic E-state index is 0.191. The minimum atomic E-state index is -3.89. The molecule has 3 aromatic carbocycles. The Morgan fingerprint density at radius 3 is 2.38 bits per heavy atom. The molecule has 1 unspecified atom stereocenters. The van der Waals surface area contributed by atoms with Crippen LogP contribution < -0.4 is 10.5 Å². The molecule has 4 N–H and O–H groups in total. The summed E-state index contributed by atoms with van der Waals surface area (Å²) in [6.07, 6.45) is 0.191. The van der Waals surface area contributed by atoms with Gasteiger partial charge in [0.05, 0.1) is 11.0 Å². The van der Waals surface area contributed by atoms with E-state index in [1.54, 1.807) is 24.3 Å². The summed E-state index contributed by atoms with van der Waals surface area (Å²) in [6.45, 7) is 0. The number of aromatic amines is 1. The molecular formula is C21H19FN4O2S. The monoisotopic (exact) mass is 410 g/mol. The van der Waals surface area contributed by atoms with Crippen LogP contribution in [0.25, 0.3) is 11.0 Å². The molecule has 0 saturated heterocycles. The highest BCUT2D eigenvalue weighted by molar-refractivity contribution is 7.92. The van der Waals surface area contributed by atoms with Gasteiger partial charge in [0.2, 0.25) is 10.0 Å². The van der Waals surface area contributed by atoms with Crippen LogP contribution in [0, 0.1) is 5.82 Å². The van der Waals surface area contributed by atoms with Crippen molar-refractivity contribution in [1.29, 1.82) is 0 Å². The first-order valence-corrected chi connectivity index (χ1v) is 10.5. The highest BCUT2D eigenvalue weighted by atomic mass is 32.2. The number of imidazole rings is 1. The normalized spacial score (nSPS) is 12.7. The van der Waals surface area contributed by atoms with Crippen molar-refractivity contribution in [2.24, 2.45) is 0 Å². The fraction of sp³-hybridized carbons (Fsp3) is 0.0952. The van der Waals surface area contributed by atoms with Gasteiger partial charge in [0.1, 0.15) is 16.9 Å². The van der Waals surface area contributed by atoms with Gasteiger partial charge < -0.3 is 10.7 Å². The lowest BCUT2D eigenvalue weighted by molar-refractivity contribution is 0.583. The number of H-pyrrole nitrogens is 1. The van der Waals surface area contributed by atoms with Crippen LogP contribution >= 0.6 is 0 Å². The quantitative estimate of drug-likeness (QED) is 0.418. The SMILES string of the molecule is Nc1ccc(CC(c2nc3ccccc3[nH]2)S(=O)(=O)Nc2ccc(F)cc2)cc1.